The molecule has 0 fully saturated rings. The number of hydrogen-bond acceptors (Lipinski definition) is 3. The summed E-state index contributed by atoms with van der Waals surface area (Å²) in [5, 5.41) is 3.87. The minimum Gasteiger partial charge on any atom is -0.340 e. The average Bonchev–Trinajstić information content (AvgIpc) is 3.16. The molecule has 1 aromatic carbocycles. The number of amides is 2. The molecule has 3 aromatic rings. The smallest absolute Gasteiger partial charge is 0.263 e. The van der Waals surface area contributed by atoms with E-state index in [1.54, 1.807) is 6.07 Å². The molecule has 0 unspecified atom stereocenters. The molecule has 114 valence electrons. The zero-order valence-electron chi connectivity index (χ0n) is 11.8. The molecule has 5 rings (SSSR count). The third-order valence-electron chi connectivity index (χ3n) is 4.77. The lowest BCUT2D eigenvalue weighted by Crippen LogP contribution is -2.20. The number of fused-ring (bicyclic) bond motifs is 8. The Morgan fingerprint density at radius 3 is 2.52 bits per heavy atom. The van der Waals surface area contributed by atoms with E-state index in [0.29, 0.717) is 21.2 Å². The number of aromatic nitrogens is 2. The van der Waals surface area contributed by atoms with Crippen LogP contribution >= 0.6 is 15.9 Å². The highest BCUT2D eigenvalue weighted by Gasteiger charge is 2.36. The monoisotopic (exact) mass is 371 g/mol. The second kappa shape index (κ2) is 4.11. The molecule has 1 aliphatic carbocycles. The maximum Gasteiger partial charge on any atom is 0.263 e. The summed E-state index contributed by atoms with van der Waals surface area (Å²) in [4.78, 5) is 42.5. The van der Waals surface area contributed by atoms with E-state index in [4.69, 9.17) is 0 Å². The van der Waals surface area contributed by atoms with Crippen molar-refractivity contribution in [2.24, 2.45) is 0 Å². The fraction of sp³-hybridized carbons (Fsp3) is 0.188. The molecule has 2 amide bonds. The van der Waals surface area contributed by atoms with Crippen molar-refractivity contribution in [3.05, 3.63) is 43.1 Å². The second-order valence-electron chi connectivity index (χ2n) is 5.95. The van der Waals surface area contributed by atoms with E-state index in [0.717, 1.165) is 46.7 Å². The molecule has 0 saturated carbocycles. The van der Waals surface area contributed by atoms with E-state index < -0.39 is 0 Å². The van der Waals surface area contributed by atoms with E-state index in [-0.39, 0.29) is 17.4 Å². The molecule has 3 N–H and O–H groups in total. The molecule has 23 heavy (non-hydrogen) atoms. The van der Waals surface area contributed by atoms with Crippen molar-refractivity contribution in [3.8, 4) is 0 Å². The quantitative estimate of drug-likeness (QED) is 0.528. The lowest BCUT2D eigenvalue weighted by Gasteiger charge is -2.07. The van der Waals surface area contributed by atoms with Crippen LogP contribution in [0.1, 0.15) is 38.3 Å². The van der Waals surface area contributed by atoms with Gasteiger partial charge in [0, 0.05) is 10.8 Å². The van der Waals surface area contributed by atoms with Gasteiger partial charge >= 0.3 is 0 Å². The predicted octanol–water partition coefficient (Wildman–Crippen LogP) is 2.14. The number of pyridine rings is 1. The van der Waals surface area contributed by atoms with Crippen molar-refractivity contribution < 1.29 is 9.59 Å². The van der Waals surface area contributed by atoms with Gasteiger partial charge in [-0.25, -0.2) is 0 Å². The SMILES string of the molecule is O=C1NC(=O)c2c1c1c(c3[nH]c4[nH]c(=O)c(Br)cc4c23)CCC1. The van der Waals surface area contributed by atoms with Gasteiger partial charge in [0.15, 0.2) is 0 Å². The van der Waals surface area contributed by atoms with Crippen LogP contribution in [-0.2, 0) is 12.8 Å². The summed E-state index contributed by atoms with van der Waals surface area (Å²) >= 11 is 3.23. The van der Waals surface area contributed by atoms with Gasteiger partial charge in [0.05, 0.1) is 21.1 Å². The van der Waals surface area contributed by atoms with Gasteiger partial charge in [0.2, 0.25) is 0 Å². The van der Waals surface area contributed by atoms with Crippen LogP contribution < -0.4 is 10.9 Å². The highest BCUT2D eigenvalue weighted by Crippen LogP contribution is 2.40. The van der Waals surface area contributed by atoms with Gasteiger partial charge in [-0.15, -0.1) is 0 Å². The van der Waals surface area contributed by atoms with Crippen molar-refractivity contribution in [2.45, 2.75) is 19.3 Å². The van der Waals surface area contributed by atoms with Crippen LogP contribution in [0, 0.1) is 0 Å². The number of aromatic amines is 2. The molecule has 3 heterocycles. The largest absolute Gasteiger partial charge is 0.340 e. The normalized spacial score (nSPS) is 16.2. The van der Waals surface area contributed by atoms with Crippen LogP contribution in [-0.4, -0.2) is 21.8 Å². The van der Waals surface area contributed by atoms with Crippen LogP contribution in [0.25, 0.3) is 21.9 Å². The first-order chi connectivity index (χ1) is 11.1. The van der Waals surface area contributed by atoms with E-state index in [9.17, 15) is 14.4 Å². The first kappa shape index (κ1) is 13.1. The van der Waals surface area contributed by atoms with Crippen LogP contribution in [0.5, 0.6) is 0 Å². The van der Waals surface area contributed by atoms with Gasteiger partial charge in [0.25, 0.3) is 17.4 Å². The maximum absolute atomic E-state index is 12.4. The minimum absolute atomic E-state index is 0.238. The molecule has 1 aliphatic heterocycles. The van der Waals surface area contributed by atoms with E-state index >= 15 is 0 Å². The van der Waals surface area contributed by atoms with Crippen LogP contribution in [0.4, 0.5) is 0 Å². The van der Waals surface area contributed by atoms with Gasteiger partial charge in [-0.1, -0.05) is 0 Å². The molecule has 2 aromatic heterocycles. The lowest BCUT2D eigenvalue weighted by molar-refractivity contribution is 0.0880. The Hall–Kier alpha value is -2.41. The number of carbonyl (C=O) groups excluding carboxylic acids is 2. The molecule has 0 spiro atoms. The fourth-order valence-corrected chi connectivity index (χ4v) is 4.21. The van der Waals surface area contributed by atoms with Gasteiger partial charge < -0.3 is 9.97 Å². The van der Waals surface area contributed by atoms with Crippen LogP contribution in [0.3, 0.4) is 0 Å². The maximum atomic E-state index is 12.4. The second-order valence-corrected chi connectivity index (χ2v) is 6.81. The Kier molecular flexibility index (Phi) is 2.33. The number of imide groups is 1. The number of H-pyrrole nitrogens is 2. The summed E-state index contributed by atoms with van der Waals surface area (Å²) in [6, 6.07) is 1.70. The number of aryl methyl sites for hydroxylation is 1. The Morgan fingerprint density at radius 1 is 0.957 bits per heavy atom. The Balaban J connectivity index is 2.10. The third-order valence-corrected chi connectivity index (χ3v) is 5.36. The number of hydrogen-bond donors (Lipinski definition) is 3. The van der Waals surface area contributed by atoms with Crippen molar-refractivity contribution >= 4 is 49.7 Å². The molecule has 0 saturated heterocycles. The number of rotatable bonds is 0. The zero-order chi connectivity index (χ0) is 15.9. The minimum atomic E-state index is -0.368. The third kappa shape index (κ3) is 1.50. The molecular weight excluding hydrogens is 362 g/mol. The fourth-order valence-electron chi connectivity index (χ4n) is 3.89. The molecule has 0 radical (unpaired) electrons. The first-order valence-corrected chi connectivity index (χ1v) is 8.13. The first-order valence-electron chi connectivity index (χ1n) is 7.34. The molecule has 7 heteroatoms. The lowest BCUT2D eigenvalue weighted by atomic mass is 9.94. The summed E-state index contributed by atoms with van der Waals surface area (Å²) in [5.41, 5.74) is 4.17. The van der Waals surface area contributed by atoms with Gasteiger partial charge in [-0.3, -0.25) is 19.7 Å². The summed E-state index contributed by atoms with van der Waals surface area (Å²) in [6.07, 6.45) is 2.61. The molecule has 2 aliphatic rings. The van der Waals surface area contributed by atoms with Crippen molar-refractivity contribution in [3.63, 3.8) is 0 Å². The number of carbonyl (C=O) groups is 2. The zero-order valence-corrected chi connectivity index (χ0v) is 13.4. The van der Waals surface area contributed by atoms with Crippen molar-refractivity contribution in [2.75, 3.05) is 0 Å². The summed E-state index contributed by atoms with van der Waals surface area (Å²) < 4.78 is 0.393. The standard InChI is InChI=1S/C16H10BrN3O3/c17-8-4-7-9-11-10(15(22)20-16(11)23)5-2-1-3-6(5)12(9)18-13(7)19-14(8)21/h4H,1-3H2,(H2,18,19,21)(H,20,22,23). The highest BCUT2D eigenvalue weighted by molar-refractivity contribution is 9.10. The number of benzene rings is 1. The Morgan fingerprint density at radius 2 is 1.70 bits per heavy atom. The van der Waals surface area contributed by atoms with Crippen LogP contribution in [0.2, 0.25) is 0 Å². The molecule has 0 bridgehead atoms. The topological polar surface area (TPSA) is 94.8 Å². The average molecular weight is 372 g/mol. The predicted molar refractivity (Wildman–Crippen MR) is 87.9 cm³/mol. The summed E-state index contributed by atoms with van der Waals surface area (Å²) in [5.74, 6) is -0.684. The van der Waals surface area contributed by atoms with E-state index in [1.807, 2.05) is 0 Å². The van der Waals surface area contributed by atoms with Gasteiger partial charge in [0.1, 0.15) is 5.65 Å². The highest BCUT2D eigenvalue weighted by atomic mass is 79.9. The Bertz CT molecular complexity index is 1140. The van der Waals surface area contributed by atoms with Crippen molar-refractivity contribution in [1.29, 1.82) is 0 Å². The molecule has 6 nitrogen and oxygen atoms in total. The van der Waals surface area contributed by atoms with Crippen molar-refractivity contribution in [1.82, 2.24) is 15.3 Å². The number of nitrogens with one attached hydrogen (secondary N) is 3. The van der Waals surface area contributed by atoms with E-state index in [1.165, 1.54) is 0 Å². The Labute approximate surface area is 137 Å². The van der Waals surface area contributed by atoms with E-state index in [2.05, 4.69) is 31.2 Å². The molecular formula is C16H10BrN3O3. The van der Waals surface area contributed by atoms with Crippen LogP contribution in [0.15, 0.2) is 15.3 Å². The number of halogens is 1. The van der Waals surface area contributed by atoms with Gasteiger partial charge in [-0.2, -0.15) is 0 Å². The summed E-state index contributed by atoms with van der Waals surface area (Å²) in [7, 11) is 0. The summed E-state index contributed by atoms with van der Waals surface area (Å²) in [6.45, 7) is 0. The molecule has 0 atom stereocenters. The van der Waals surface area contributed by atoms with Gasteiger partial charge in [-0.05, 0) is 52.4 Å².